The third kappa shape index (κ3) is 3.21. The zero-order valence-corrected chi connectivity index (χ0v) is 11.4. The summed E-state index contributed by atoms with van der Waals surface area (Å²) in [5.41, 5.74) is 2.49. The Labute approximate surface area is 116 Å². The molecule has 0 spiro atoms. The van der Waals surface area contributed by atoms with Gasteiger partial charge in [-0.2, -0.15) is 5.26 Å². The van der Waals surface area contributed by atoms with Crippen LogP contribution in [0, 0.1) is 25.2 Å². The highest BCUT2D eigenvalue weighted by molar-refractivity contribution is 6.30. The van der Waals surface area contributed by atoms with E-state index in [0.29, 0.717) is 12.2 Å². The zero-order valence-electron chi connectivity index (χ0n) is 10.6. The van der Waals surface area contributed by atoms with Crippen LogP contribution in [-0.2, 0) is 6.42 Å². The lowest BCUT2D eigenvalue weighted by Crippen LogP contribution is -1.97. The number of hydrogen-bond acceptors (Lipinski definition) is 4. The van der Waals surface area contributed by atoms with Gasteiger partial charge in [-0.3, -0.25) is 0 Å². The largest absolute Gasteiger partial charge is 0.436 e. The molecular weight excluding hydrogens is 262 g/mol. The summed E-state index contributed by atoms with van der Waals surface area (Å²) < 4.78 is 5.59. The second kappa shape index (κ2) is 5.68. The van der Waals surface area contributed by atoms with E-state index < -0.39 is 0 Å². The minimum atomic E-state index is 0.240. The van der Waals surface area contributed by atoms with Gasteiger partial charge in [-0.15, -0.1) is 0 Å². The smallest absolute Gasteiger partial charge is 0.257 e. The fourth-order valence-electron chi connectivity index (χ4n) is 1.50. The molecular formula is C14H12ClN3O. The molecule has 0 N–H and O–H groups in total. The lowest BCUT2D eigenvalue weighted by Gasteiger charge is -2.08. The molecule has 5 heteroatoms. The lowest BCUT2D eigenvalue weighted by atomic mass is 10.2. The molecule has 0 aliphatic rings. The van der Waals surface area contributed by atoms with Gasteiger partial charge in [0.05, 0.1) is 23.9 Å². The molecule has 0 aliphatic heterocycles. The summed E-state index contributed by atoms with van der Waals surface area (Å²) in [6.45, 7) is 3.69. The van der Waals surface area contributed by atoms with Crippen LogP contribution in [0.4, 0.5) is 0 Å². The first-order valence-electron chi connectivity index (χ1n) is 5.74. The summed E-state index contributed by atoms with van der Waals surface area (Å²) in [5, 5.41) is 8.84. The SMILES string of the molecule is Cc1nc(Cl)c(Oc2ccc(CC#N)cc2)nc1C. The molecule has 0 saturated heterocycles. The van der Waals surface area contributed by atoms with Gasteiger partial charge in [0.15, 0.2) is 5.15 Å². The van der Waals surface area contributed by atoms with E-state index in [4.69, 9.17) is 21.6 Å². The van der Waals surface area contributed by atoms with Crippen molar-refractivity contribution in [3.8, 4) is 17.7 Å². The van der Waals surface area contributed by atoms with Gasteiger partial charge in [-0.1, -0.05) is 23.7 Å². The Morgan fingerprint density at radius 1 is 1.16 bits per heavy atom. The van der Waals surface area contributed by atoms with Gasteiger partial charge in [0.25, 0.3) is 5.88 Å². The molecule has 1 aromatic heterocycles. The third-order valence-corrected chi connectivity index (χ3v) is 2.90. The molecule has 4 nitrogen and oxygen atoms in total. The highest BCUT2D eigenvalue weighted by Crippen LogP contribution is 2.26. The van der Waals surface area contributed by atoms with E-state index in [0.717, 1.165) is 17.0 Å². The standard InChI is InChI=1S/C14H12ClN3O/c1-9-10(2)18-14(13(15)17-9)19-12-5-3-11(4-6-12)7-8-16/h3-6H,7H2,1-2H3. The maximum atomic E-state index is 8.60. The molecule has 1 aromatic carbocycles. The Morgan fingerprint density at radius 2 is 1.79 bits per heavy atom. The van der Waals surface area contributed by atoms with Crippen LogP contribution in [-0.4, -0.2) is 9.97 Å². The molecule has 0 saturated carbocycles. The zero-order chi connectivity index (χ0) is 13.8. The van der Waals surface area contributed by atoms with Crippen molar-refractivity contribution < 1.29 is 4.74 Å². The van der Waals surface area contributed by atoms with Crippen molar-refractivity contribution in [2.75, 3.05) is 0 Å². The quantitative estimate of drug-likeness (QED) is 0.857. The summed E-state index contributed by atoms with van der Waals surface area (Å²) in [7, 11) is 0. The van der Waals surface area contributed by atoms with Gasteiger partial charge >= 0.3 is 0 Å². The number of hydrogen-bond donors (Lipinski definition) is 0. The van der Waals surface area contributed by atoms with Crippen molar-refractivity contribution in [3.63, 3.8) is 0 Å². The first-order chi connectivity index (χ1) is 9.10. The van der Waals surface area contributed by atoms with Crippen molar-refractivity contribution in [1.82, 2.24) is 9.97 Å². The second-order valence-corrected chi connectivity index (χ2v) is 4.43. The second-order valence-electron chi connectivity index (χ2n) is 4.07. The monoisotopic (exact) mass is 273 g/mol. The van der Waals surface area contributed by atoms with Gasteiger partial charge in [-0.05, 0) is 31.5 Å². The van der Waals surface area contributed by atoms with Crippen molar-refractivity contribution in [2.24, 2.45) is 0 Å². The Morgan fingerprint density at radius 3 is 2.42 bits per heavy atom. The fraction of sp³-hybridized carbons (Fsp3) is 0.214. The molecule has 0 unspecified atom stereocenters. The normalized spacial score (nSPS) is 10.0. The summed E-state index contributed by atoms with van der Waals surface area (Å²) in [6, 6.07) is 9.32. The number of aromatic nitrogens is 2. The van der Waals surface area contributed by atoms with Gasteiger partial charge in [0.1, 0.15) is 5.75 Å². The molecule has 2 rings (SSSR count). The Bertz CT molecular complexity index is 632. The molecule has 1 heterocycles. The van der Waals surface area contributed by atoms with Crippen LogP contribution < -0.4 is 4.74 Å². The van der Waals surface area contributed by atoms with Crippen LogP contribution in [0.2, 0.25) is 5.15 Å². The number of aryl methyl sites for hydroxylation is 2. The lowest BCUT2D eigenvalue weighted by molar-refractivity contribution is 0.458. The minimum Gasteiger partial charge on any atom is -0.436 e. The molecule has 0 amide bonds. The van der Waals surface area contributed by atoms with E-state index in [2.05, 4.69) is 16.0 Å². The van der Waals surface area contributed by atoms with Crippen molar-refractivity contribution in [1.29, 1.82) is 5.26 Å². The predicted molar refractivity (Wildman–Crippen MR) is 72.3 cm³/mol. The van der Waals surface area contributed by atoms with E-state index in [-0.39, 0.29) is 11.0 Å². The van der Waals surface area contributed by atoms with Crippen LogP contribution in [0.15, 0.2) is 24.3 Å². The Kier molecular flexibility index (Phi) is 3.98. The van der Waals surface area contributed by atoms with Crippen LogP contribution in [0.25, 0.3) is 0 Å². The maximum absolute atomic E-state index is 8.60. The summed E-state index contributed by atoms with van der Waals surface area (Å²) in [5.74, 6) is 0.902. The number of halogens is 1. The molecule has 0 radical (unpaired) electrons. The summed E-state index contributed by atoms with van der Waals surface area (Å²) >= 11 is 5.99. The molecule has 0 bridgehead atoms. The first kappa shape index (κ1) is 13.3. The molecule has 19 heavy (non-hydrogen) atoms. The van der Waals surface area contributed by atoms with E-state index in [1.165, 1.54) is 0 Å². The van der Waals surface area contributed by atoms with Crippen LogP contribution in [0.5, 0.6) is 11.6 Å². The average molecular weight is 274 g/mol. The number of rotatable bonds is 3. The van der Waals surface area contributed by atoms with E-state index >= 15 is 0 Å². The predicted octanol–water partition coefficient (Wildman–Crippen LogP) is 3.61. The summed E-state index contributed by atoms with van der Waals surface area (Å²) in [6.07, 6.45) is 0.379. The average Bonchev–Trinajstić information content (AvgIpc) is 2.38. The topological polar surface area (TPSA) is 58.8 Å². The van der Waals surface area contributed by atoms with E-state index in [1.807, 2.05) is 26.0 Å². The molecule has 0 atom stereocenters. The van der Waals surface area contributed by atoms with Crippen molar-refractivity contribution in [2.45, 2.75) is 20.3 Å². The van der Waals surface area contributed by atoms with Gasteiger partial charge in [0.2, 0.25) is 0 Å². The summed E-state index contributed by atoms with van der Waals surface area (Å²) in [4.78, 5) is 8.41. The maximum Gasteiger partial charge on any atom is 0.257 e. The highest BCUT2D eigenvalue weighted by atomic mass is 35.5. The molecule has 0 fully saturated rings. The van der Waals surface area contributed by atoms with E-state index in [1.54, 1.807) is 12.1 Å². The van der Waals surface area contributed by atoms with Gasteiger partial charge in [0, 0.05) is 0 Å². The minimum absolute atomic E-state index is 0.240. The fourth-order valence-corrected chi connectivity index (χ4v) is 1.71. The highest BCUT2D eigenvalue weighted by Gasteiger charge is 2.09. The number of nitrogens with zero attached hydrogens (tertiary/aromatic N) is 3. The van der Waals surface area contributed by atoms with Gasteiger partial charge in [-0.25, -0.2) is 9.97 Å². The molecule has 0 aliphatic carbocycles. The Balaban J connectivity index is 2.22. The van der Waals surface area contributed by atoms with E-state index in [9.17, 15) is 0 Å². The third-order valence-electron chi connectivity index (χ3n) is 2.66. The van der Waals surface area contributed by atoms with Gasteiger partial charge < -0.3 is 4.74 Å². The number of benzene rings is 1. The first-order valence-corrected chi connectivity index (χ1v) is 6.12. The number of ether oxygens (including phenoxy) is 1. The van der Waals surface area contributed by atoms with Crippen molar-refractivity contribution >= 4 is 11.6 Å². The molecule has 96 valence electrons. The van der Waals surface area contributed by atoms with Crippen LogP contribution in [0.3, 0.4) is 0 Å². The number of nitriles is 1. The van der Waals surface area contributed by atoms with Crippen LogP contribution >= 0.6 is 11.6 Å². The molecule has 2 aromatic rings. The van der Waals surface area contributed by atoms with Crippen molar-refractivity contribution in [3.05, 3.63) is 46.4 Å². The Hall–Kier alpha value is -2.12. The van der Waals surface area contributed by atoms with Crippen LogP contribution in [0.1, 0.15) is 17.0 Å².